The molecule has 1 atom stereocenters. The number of aliphatic hydroxyl groups excluding tert-OH is 1. The van der Waals surface area contributed by atoms with Crippen molar-refractivity contribution in [2.75, 3.05) is 0 Å². The molecule has 0 radical (unpaired) electrons. The van der Waals surface area contributed by atoms with Crippen LogP contribution in [0.5, 0.6) is 0 Å². The average molecular weight is 248 g/mol. The largest absolute Gasteiger partial charge is 0.472 e. The van der Waals surface area contributed by atoms with E-state index in [0.717, 1.165) is 42.7 Å². The minimum Gasteiger partial charge on any atom is -0.472 e. The van der Waals surface area contributed by atoms with Crippen molar-refractivity contribution in [3.05, 3.63) is 41.2 Å². The molecule has 0 aliphatic heterocycles. The molecule has 0 aromatic carbocycles. The van der Waals surface area contributed by atoms with Gasteiger partial charge < -0.3 is 19.4 Å². The van der Waals surface area contributed by atoms with Gasteiger partial charge in [-0.25, -0.2) is 0 Å². The Bertz CT molecular complexity index is 491. The molecule has 18 heavy (non-hydrogen) atoms. The molecule has 1 unspecified atom stereocenters. The Labute approximate surface area is 105 Å². The molecular weight excluding hydrogens is 232 g/mol. The maximum atomic E-state index is 9.19. The number of rotatable bonds is 4. The molecule has 2 aromatic rings. The van der Waals surface area contributed by atoms with E-state index in [4.69, 9.17) is 8.94 Å². The van der Waals surface area contributed by atoms with Gasteiger partial charge in [0.05, 0.1) is 19.1 Å². The van der Waals surface area contributed by atoms with Crippen LogP contribution < -0.4 is 5.32 Å². The molecule has 0 saturated carbocycles. The normalized spacial score (nSPS) is 18.8. The van der Waals surface area contributed by atoms with Crippen LogP contribution in [0.1, 0.15) is 29.0 Å². The van der Waals surface area contributed by atoms with Crippen molar-refractivity contribution >= 4 is 0 Å². The lowest BCUT2D eigenvalue weighted by Gasteiger charge is -2.22. The van der Waals surface area contributed by atoms with E-state index in [1.165, 1.54) is 0 Å². The fraction of sp³-hybridized carbons (Fsp3) is 0.462. The second-order valence-corrected chi connectivity index (χ2v) is 4.64. The van der Waals surface area contributed by atoms with E-state index in [2.05, 4.69) is 10.5 Å². The highest BCUT2D eigenvalue weighted by atomic mass is 16.5. The first-order chi connectivity index (χ1) is 8.86. The first kappa shape index (κ1) is 11.5. The quantitative estimate of drug-likeness (QED) is 0.856. The number of nitrogens with zero attached hydrogens (tertiary/aromatic N) is 1. The molecule has 0 bridgehead atoms. The average Bonchev–Trinajstić information content (AvgIpc) is 3.05. The Morgan fingerprint density at radius 1 is 1.50 bits per heavy atom. The number of aliphatic hydroxyl groups is 1. The summed E-state index contributed by atoms with van der Waals surface area (Å²) in [6, 6.07) is 2.36. The first-order valence-corrected chi connectivity index (χ1v) is 6.18. The minimum absolute atomic E-state index is 0.0483. The van der Waals surface area contributed by atoms with E-state index in [0.29, 0.717) is 11.7 Å². The summed E-state index contributed by atoms with van der Waals surface area (Å²) in [5, 5.41) is 16.6. The van der Waals surface area contributed by atoms with Gasteiger partial charge in [-0.2, -0.15) is 0 Å². The Balaban J connectivity index is 1.63. The van der Waals surface area contributed by atoms with E-state index < -0.39 is 0 Å². The summed E-state index contributed by atoms with van der Waals surface area (Å²) in [5.74, 6) is 0.931. The molecule has 0 fully saturated rings. The summed E-state index contributed by atoms with van der Waals surface area (Å²) in [7, 11) is 0. The monoisotopic (exact) mass is 248 g/mol. The maximum absolute atomic E-state index is 9.19. The van der Waals surface area contributed by atoms with Crippen molar-refractivity contribution in [2.45, 2.75) is 38.5 Å². The van der Waals surface area contributed by atoms with Gasteiger partial charge in [-0.3, -0.25) is 0 Å². The molecule has 1 aliphatic carbocycles. The molecule has 3 rings (SSSR count). The highest BCUT2D eigenvalue weighted by Gasteiger charge is 2.24. The van der Waals surface area contributed by atoms with Crippen LogP contribution in [-0.4, -0.2) is 16.3 Å². The van der Waals surface area contributed by atoms with Crippen LogP contribution in [0.3, 0.4) is 0 Å². The van der Waals surface area contributed by atoms with Crippen molar-refractivity contribution in [2.24, 2.45) is 0 Å². The number of furan rings is 1. The molecule has 2 N–H and O–H groups in total. The molecule has 0 amide bonds. The molecule has 2 heterocycles. The van der Waals surface area contributed by atoms with Crippen molar-refractivity contribution < 1.29 is 14.0 Å². The Morgan fingerprint density at radius 2 is 2.44 bits per heavy atom. The van der Waals surface area contributed by atoms with Crippen LogP contribution >= 0.6 is 0 Å². The smallest absolute Gasteiger partial charge is 0.140 e. The number of aromatic nitrogens is 1. The van der Waals surface area contributed by atoms with Crippen LogP contribution in [0.25, 0.3) is 0 Å². The van der Waals surface area contributed by atoms with Crippen LogP contribution in [0, 0.1) is 0 Å². The summed E-state index contributed by atoms with van der Waals surface area (Å²) < 4.78 is 10.3. The van der Waals surface area contributed by atoms with Crippen LogP contribution in [-0.2, 0) is 26.0 Å². The lowest BCUT2D eigenvalue weighted by atomic mass is 9.92. The molecular formula is C13H16N2O3. The summed E-state index contributed by atoms with van der Waals surface area (Å²) in [6.45, 7) is 0.753. The third kappa shape index (κ3) is 2.19. The fourth-order valence-electron chi connectivity index (χ4n) is 2.42. The van der Waals surface area contributed by atoms with E-state index >= 15 is 0 Å². The highest BCUT2D eigenvalue weighted by molar-refractivity contribution is 5.26. The van der Waals surface area contributed by atoms with Gasteiger partial charge in [0.2, 0.25) is 0 Å². The number of fused-ring (bicyclic) bond motifs is 1. The number of nitrogens with one attached hydrogen (secondary N) is 1. The van der Waals surface area contributed by atoms with Gasteiger partial charge in [0.1, 0.15) is 11.5 Å². The SMILES string of the molecule is OCc1noc2c1CC(NCc1ccoc1)CC2. The number of aryl methyl sites for hydroxylation is 1. The van der Waals surface area contributed by atoms with Crippen LogP contribution in [0.2, 0.25) is 0 Å². The van der Waals surface area contributed by atoms with E-state index in [1.54, 1.807) is 12.5 Å². The Hall–Kier alpha value is -1.59. The van der Waals surface area contributed by atoms with Gasteiger partial charge in [0.25, 0.3) is 0 Å². The van der Waals surface area contributed by atoms with Gasteiger partial charge in [-0.15, -0.1) is 0 Å². The highest BCUT2D eigenvalue weighted by Crippen LogP contribution is 2.24. The zero-order valence-electron chi connectivity index (χ0n) is 10.1. The zero-order valence-corrected chi connectivity index (χ0v) is 10.1. The van der Waals surface area contributed by atoms with E-state index in [-0.39, 0.29) is 6.61 Å². The standard InChI is InChI=1S/C13H16N2O3/c16-7-12-11-5-10(1-2-13(11)18-15-12)14-6-9-3-4-17-8-9/h3-4,8,10,14,16H,1-2,5-7H2. The van der Waals surface area contributed by atoms with E-state index in [9.17, 15) is 5.11 Å². The predicted molar refractivity (Wildman–Crippen MR) is 63.8 cm³/mol. The van der Waals surface area contributed by atoms with Gasteiger partial charge >= 0.3 is 0 Å². The Morgan fingerprint density at radius 3 is 3.22 bits per heavy atom. The van der Waals surface area contributed by atoms with Gasteiger partial charge in [-0.05, 0) is 18.9 Å². The molecule has 0 saturated heterocycles. The molecule has 96 valence electrons. The van der Waals surface area contributed by atoms with Gasteiger partial charge in [0.15, 0.2) is 0 Å². The maximum Gasteiger partial charge on any atom is 0.140 e. The molecule has 5 heteroatoms. The third-order valence-corrected chi connectivity index (χ3v) is 3.45. The number of hydrogen-bond acceptors (Lipinski definition) is 5. The predicted octanol–water partition coefficient (Wildman–Crippen LogP) is 1.41. The minimum atomic E-state index is -0.0483. The fourth-order valence-corrected chi connectivity index (χ4v) is 2.42. The topological polar surface area (TPSA) is 71.4 Å². The third-order valence-electron chi connectivity index (χ3n) is 3.45. The van der Waals surface area contributed by atoms with Crippen molar-refractivity contribution in [1.29, 1.82) is 0 Å². The first-order valence-electron chi connectivity index (χ1n) is 6.18. The Kier molecular flexibility index (Phi) is 3.17. The summed E-state index contributed by atoms with van der Waals surface area (Å²) in [5.41, 5.74) is 2.90. The van der Waals surface area contributed by atoms with E-state index in [1.807, 2.05) is 6.07 Å². The van der Waals surface area contributed by atoms with Gasteiger partial charge in [0, 0.05) is 30.1 Å². The molecule has 1 aliphatic rings. The molecule has 2 aromatic heterocycles. The second-order valence-electron chi connectivity index (χ2n) is 4.64. The lowest BCUT2D eigenvalue weighted by Crippen LogP contribution is -2.34. The molecule has 0 spiro atoms. The van der Waals surface area contributed by atoms with Crippen molar-refractivity contribution in [3.8, 4) is 0 Å². The molecule has 5 nitrogen and oxygen atoms in total. The van der Waals surface area contributed by atoms with Crippen LogP contribution in [0.4, 0.5) is 0 Å². The summed E-state index contributed by atoms with van der Waals surface area (Å²) in [6.07, 6.45) is 6.21. The van der Waals surface area contributed by atoms with Gasteiger partial charge in [-0.1, -0.05) is 5.16 Å². The van der Waals surface area contributed by atoms with Crippen molar-refractivity contribution in [3.63, 3.8) is 0 Å². The summed E-state index contributed by atoms with van der Waals surface area (Å²) >= 11 is 0. The zero-order chi connectivity index (χ0) is 12.4. The lowest BCUT2D eigenvalue weighted by molar-refractivity contribution is 0.265. The second kappa shape index (κ2) is 4.96. The van der Waals surface area contributed by atoms with Crippen molar-refractivity contribution in [1.82, 2.24) is 10.5 Å². The van der Waals surface area contributed by atoms with Crippen LogP contribution in [0.15, 0.2) is 27.5 Å². The summed E-state index contributed by atoms with van der Waals surface area (Å²) in [4.78, 5) is 0. The number of hydrogen-bond donors (Lipinski definition) is 2.